The van der Waals surface area contributed by atoms with Crippen LogP contribution in [-0.2, 0) is 4.79 Å². The first kappa shape index (κ1) is 18.6. The minimum Gasteiger partial charge on any atom is -0.364 e. The maximum atomic E-state index is 12.1. The highest BCUT2D eigenvalue weighted by molar-refractivity contribution is 6.11. The number of carbonyl (C=O) groups is 1. The molecular formula is C31H23NO. The Morgan fingerprint density at radius 2 is 1.06 bits per heavy atom. The summed E-state index contributed by atoms with van der Waals surface area (Å²) >= 11 is 0. The van der Waals surface area contributed by atoms with Crippen molar-refractivity contribution >= 4 is 65.3 Å². The van der Waals surface area contributed by atoms with E-state index < -0.39 is 0 Å². The molecule has 1 aliphatic heterocycles. The highest BCUT2D eigenvalue weighted by Crippen LogP contribution is 2.35. The Morgan fingerprint density at radius 1 is 0.545 bits per heavy atom. The van der Waals surface area contributed by atoms with Crippen LogP contribution in [0, 0.1) is 0 Å². The molecule has 158 valence electrons. The Morgan fingerprint density at radius 3 is 1.67 bits per heavy atom. The fourth-order valence-electron chi connectivity index (χ4n) is 5.52. The van der Waals surface area contributed by atoms with Crippen LogP contribution in [0.2, 0.25) is 0 Å². The fraction of sp³-hybridized carbons (Fsp3) is 0.129. The van der Waals surface area contributed by atoms with Crippen molar-refractivity contribution in [3.63, 3.8) is 0 Å². The molecule has 0 aromatic heterocycles. The van der Waals surface area contributed by atoms with Crippen LogP contribution in [-0.4, -0.2) is 18.9 Å². The van der Waals surface area contributed by atoms with Gasteiger partial charge in [-0.25, -0.2) is 0 Å². The monoisotopic (exact) mass is 425 g/mol. The van der Waals surface area contributed by atoms with E-state index in [1.165, 1.54) is 59.5 Å². The molecule has 6 aromatic carbocycles. The summed E-state index contributed by atoms with van der Waals surface area (Å²) in [5.41, 5.74) is 1.17. The molecule has 0 aliphatic carbocycles. The van der Waals surface area contributed by atoms with Crippen LogP contribution < -0.4 is 4.90 Å². The summed E-state index contributed by atoms with van der Waals surface area (Å²) in [7, 11) is 0. The second-order valence-corrected chi connectivity index (χ2v) is 9.36. The molecule has 33 heavy (non-hydrogen) atoms. The second kappa shape index (κ2) is 7.05. The predicted molar refractivity (Wildman–Crippen MR) is 140 cm³/mol. The number of carbonyl (C=O) groups excluding carboxylic acids is 1. The first-order valence-corrected chi connectivity index (χ1v) is 11.7. The van der Waals surface area contributed by atoms with Crippen LogP contribution >= 0.6 is 0 Å². The molecule has 7 rings (SSSR count). The summed E-state index contributed by atoms with van der Waals surface area (Å²) in [4.78, 5) is 14.3. The lowest BCUT2D eigenvalue weighted by atomic mass is 9.95. The normalized spacial score (nSPS) is 14.8. The molecule has 1 fully saturated rings. The number of hydrogen-bond acceptors (Lipinski definition) is 2. The van der Waals surface area contributed by atoms with Crippen molar-refractivity contribution in [2.45, 2.75) is 12.8 Å². The van der Waals surface area contributed by atoms with E-state index in [1.807, 2.05) is 0 Å². The number of fused-ring (bicyclic) bond motifs is 5. The summed E-state index contributed by atoms with van der Waals surface area (Å²) in [5, 5.41) is 12.6. The number of anilines is 1. The van der Waals surface area contributed by atoms with E-state index in [4.69, 9.17) is 0 Å². The highest BCUT2D eigenvalue weighted by Gasteiger charge is 2.19. The molecule has 1 saturated heterocycles. The van der Waals surface area contributed by atoms with Crippen molar-refractivity contribution < 1.29 is 4.79 Å². The van der Waals surface area contributed by atoms with Gasteiger partial charge in [-0.1, -0.05) is 36.4 Å². The molecule has 0 saturated carbocycles. The van der Waals surface area contributed by atoms with Gasteiger partial charge < -0.3 is 4.90 Å². The van der Waals surface area contributed by atoms with Gasteiger partial charge in [0.2, 0.25) is 0 Å². The maximum absolute atomic E-state index is 12.1. The van der Waals surface area contributed by atoms with Crippen molar-refractivity contribution in [3.8, 4) is 0 Å². The molecule has 1 heterocycles. The zero-order chi connectivity index (χ0) is 21.9. The first-order chi connectivity index (χ1) is 16.2. The van der Waals surface area contributed by atoms with Crippen LogP contribution in [0.25, 0.3) is 53.9 Å². The minimum absolute atomic E-state index is 0.337. The van der Waals surface area contributed by atoms with Crippen molar-refractivity contribution in [1.82, 2.24) is 0 Å². The lowest BCUT2D eigenvalue weighted by Gasteiger charge is -2.29. The summed E-state index contributed by atoms with van der Waals surface area (Å²) in [6.07, 6.45) is 1.65. The lowest BCUT2D eigenvalue weighted by Crippen LogP contribution is -2.35. The zero-order valence-electron chi connectivity index (χ0n) is 18.3. The van der Waals surface area contributed by atoms with Gasteiger partial charge in [0.05, 0.1) is 6.54 Å². The molecule has 0 bridgehead atoms. The number of nitrogens with zero attached hydrogens (tertiary/aromatic N) is 1. The van der Waals surface area contributed by atoms with Crippen LogP contribution in [0.1, 0.15) is 12.8 Å². The third-order valence-electron chi connectivity index (χ3n) is 7.18. The van der Waals surface area contributed by atoms with E-state index in [0.717, 1.165) is 13.0 Å². The average Bonchev–Trinajstić information content (AvgIpc) is 2.83. The van der Waals surface area contributed by atoms with Crippen molar-refractivity contribution in [2.24, 2.45) is 0 Å². The van der Waals surface area contributed by atoms with Gasteiger partial charge in [-0.15, -0.1) is 0 Å². The molecule has 1 aliphatic rings. The summed E-state index contributed by atoms with van der Waals surface area (Å²) in [5.74, 6) is 0.337. The number of benzene rings is 6. The van der Waals surface area contributed by atoms with E-state index in [2.05, 4.69) is 95.9 Å². The van der Waals surface area contributed by atoms with Crippen molar-refractivity contribution in [1.29, 1.82) is 0 Å². The number of piperidine rings is 1. The molecule has 0 atom stereocenters. The van der Waals surface area contributed by atoms with E-state index >= 15 is 0 Å². The number of Topliss-reactive ketones (excluding diaryl/α,β-unsaturated/α-hetero) is 1. The third kappa shape index (κ3) is 3.06. The molecular weight excluding hydrogens is 402 g/mol. The first-order valence-electron chi connectivity index (χ1n) is 11.7. The highest BCUT2D eigenvalue weighted by atomic mass is 16.1. The Hall–Kier alpha value is -3.91. The Labute approximate surface area is 192 Å². The number of hydrogen-bond donors (Lipinski definition) is 0. The molecule has 6 aromatic rings. The minimum atomic E-state index is 0.337. The second-order valence-electron chi connectivity index (χ2n) is 9.36. The molecule has 0 radical (unpaired) electrons. The van der Waals surface area contributed by atoms with Gasteiger partial charge in [0.25, 0.3) is 0 Å². The van der Waals surface area contributed by atoms with Gasteiger partial charge in [0, 0.05) is 24.0 Å². The Kier molecular flexibility index (Phi) is 3.98. The van der Waals surface area contributed by atoms with Crippen molar-refractivity contribution in [2.75, 3.05) is 18.0 Å². The quantitative estimate of drug-likeness (QED) is 0.253. The predicted octanol–water partition coefficient (Wildman–Crippen LogP) is 7.62. The Balaban J connectivity index is 1.45. The van der Waals surface area contributed by atoms with Crippen molar-refractivity contribution in [3.05, 3.63) is 91.0 Å². The summed E-state index contributed by atoms with van der Waals surface area (Å²) in [6, 6.07) is 33.5. The largest absolute Gasteiger partial charge is 0.364 e. The SMILES string of the molecule is O=C1CCCN(c2cccc3cc4cc5cc6cc7ccccc7cc6cc5cc4cc23)C1. The maximum Gasteiger partial charge on any atom is 0.152 e. The van der Waals surface area contributed by atoms with Gasteiger partial charge in [-0.3, -0.25) is 4.79 Å². The molecule has 2 heteroatoms. The van der Waals surface area contributed by atoms with Gasteiger partial charge in [0.1, 0.15) is 0 Å². The van der Waals surface area contributed by atoms with Gasteiger partial charge in [0.15, 0.2) is 5.78 Å². The van der Waals surface area contributed by atoms with Gasteiger partial charge >= 0.3 is 0 Å². The third-order valence-corrected chi connectivity index (χ3v) is 7.18. The van der Waals surface area contributed by atoms with E-state index in [0.29, 0.717) is 18.7 Å². The Bertz CT molecular complexity index is 1750. The molecule has 0 spiro atoms. The van der Waals surface area contributed by atoms with E-state index in [1.54, 1.807) is 0 Å². The summed E-state index contributed by atoms with van der Waals surface area (Å²) in [6.45, 7) is 1.47. The standard InChI is InChI=1S/C31H23NO/c33-29-8-4-10-32(19-29)31-9-3-7-22-13-25-16-26-14-23-11-20-5-1-2-6-21(20)12-24(23)15-27(26)17-28(25)18-30(22)31/h1-3,5-7,9,11-18H,4,8,10,19H2. The number of rotatable bonds is 1. The smallest absolute Gasteiger partial charge is 0.152 e. The fourth-order valence-corrected chi connectivity index (χ4v) is 5.52. The molecule has 0 N–H and O–H groups in total. The van der Waals surface area contributed by atoms with E-state index in [-0.39, 0.29) is 0 Å². The lowest BCUT2D eigenvalue weighted by molar-refractivity contribution is -0.118. The zero-order valence-corrected chi connectivity index (χ0v) is 18.3. The van der Waals surface area contributed by atoms with Gasteiger partial charge in [-0.2, -0.15) is 0 Å². The topological polar surface area (TPSA) is 20.3 Å². The average molecular weight is 426 g/mol. The van der Waals surface area contributed by atoms with Crippen LogP contribution in [0.4, 0.5) is 5.69 Å². The molecule has 0 amide bonds. The van der Waals surface area contributed by atoms with Crippen LogP contribution in [0.15, 0.2) is 91.0 Å². The van der Waals surface area contributed by atoms with Crippen LogP contribution in [0.5, 0.6) is 0 Å². The molecule has 0 unspecified atom stereocenters. The van der Waals surface area contributed by atoms with E-state index in [9.17, 15) is 4.79 Å². The van der Waals surface area contributed by atoms with Gasteiger partial charge in [-0.05, 0) is 109 Å². The number of ketones is 1. The molecule has 2 nitrogen and oxygen atoms in total. The summed E-state index contributed by atoms with van der Waals surface area (Å²) < 4.78 is 0. The van der Waals surface area contributed by atoms with Crippen LogP contribution in [0.3, 0.4) is 0 Å².